The van der Waals surface area contributed by atoms with E-state index in [4.69, 9.17) is 11.6 Å². The zero-order valence-electron chi connectivity index (χ0n) is 15.0. The first-order valence-electron chi connectivity index (χ1n) is 8.13. The van der Waals surface area contributed by atoms with E-state index in [2.05, 4.69) is 39.2 Å². The highest BCUT2D eigenvalue weighted by molar-refractivity contribution is 6.30. The zero-order valence-corrected chi connectivity index (χ0v) is 15.7. The van der Waals surface area contributed by atoms with E-state index in [1.165, 1.54) is 5.56 Å². The smallest absolute Gasteiger partial charge is 0.194 e. The molecule has 0 aliphatic heterocycles. The summed E-state index contributed by atoms with van der Waals surface area (Å²) in [5.74, 6) is 0.811. The molecule has 0 aromatic carbocycles. The Bertz CT molecular complexity index is 908. The van der Waals surface area contributed by atoms with Gasteiger partial charge in [0.15, 0.2) is 5.96 Å². The fraction of sp³-hybridized carbons (Fsp3) is 0.333. The molecule has 0 amide bonds. The summed E-state index contributed by atoms with van der Waals surface area (Å²) in [5, 5.41) is 4.11. The van der Waals surface area contributed by atoms with E-state index in [1.54, 1.807) is 7.05 Å². The van der Waals surface area contributed by atoms with Crippen molar-refractivity contribution in [1.29, 1.82) is 0 Å². The molecular formula is C18H23ClN6. The summed E-state index contributed by atoms with van der Waals surface area (Å²) in [6.07, 6.45) is 5.97. The first kappa shape index (κ1) is 17.4. The Labute approximate surface area is 152 Å². The highest BCUT2D eigenvalue weighted by atomic mass is 35.5. The van der Waals surface area contributed by atoms with Crippen LogP contribution in [0.3, 0.4) is 0 Å². The zero-order chi connectivity index (χ0) is 18.0. The van der Waals surface area contributed by atoms with Crippen LogP contribution in [-0.2, 0) is 20.1 Å². The molecule has 3 rings (SSSR count). The van der Waals surface area contributed by atoms with Gasteiger partial charge in [0.25, 0.3) is 0 Å². The van der Waals surface area contributed by atoms with Crippen molar-refractivity contribution in [2.45, 2.75) is 20.0 Å². The number of aryl methyl sites for hydroxylation is 2. The van der Waals surface area contributed by atoms with Crippen molar-refractivity contribution in [3.05, 3.63) is 58.8 Å². The first-order chi connectivity index (χ1) is 12.0. The fourth-order valence-corrected chi connectivity index (χ4v) is 3.09. The predicted octanol–water partition coefficient (Wildman–Crippen LogP) is 2.84. The first-order valence-corrected chi connectivity index (χ1v) is 8.51. The summed E-state index contributed by atoms with van der Waals surface area (Å²) < 4.78 is 4.05. The van der Waals surface area contributed by atoms with E-state index in [9.17, 15) is 0 Å². The summed E-state index contributed by atoms with van der Waals surface area (Å²) in [7, 11) is 5.77. The summed E-state index contributed by atoms with van der Waals surface area (Å²) in [6.45, 7) is 3.40. The van der Waals surface area contributed by atoms with Gasteiger partial charge in [0.05, 0.1) is 23.8 Å². The van der Waals surface area contributed by atoms with Crippen LogP contribution in [-0.4, -0.2) is 38.9 Å². The average molecular weight is 359 g/mol. The molecule has 25 heavy (non-hydrogen) atoms. The van der Waals surface area contributed by atoms with Gasteiger partial charge in [-0.2, -0.15) is 0 Å². The normalized spacial score (nSPS) is 12.0. The van der Waals surface area contributed by atoms with E-state index in [0.29, 0.717) is 13.1 Å². The SMILES string of the molecule is CN=C(NCc1cn2ccc(C)cc2n1)N(C)Cc1cc(Cl)cn1C. The van der Waals surface area contributed by atoms with Gasteiger partial charge in [0.1, 0.15) is 5.65 Å². The number of nitrogens with zero attached hydrogens (tertiary/aromatic N) is 5. The standard InChI is InChI=1S/C18H23ClN6/c1-13-5-6-25-11-15(22-17(25)7-13)9-21-18(20-2)24(4)12-16-8-14(19)10-23(16)3/h5-8,10-11H,9,12H2,1-4H3,(H,20,21). The van der Waals surface area contributed by atoms with Gasteiger partial charge in [-0.05, 0) is 30.7 Å². The lowest BCUT2D eigenvalue weighted by Crippen LogP contribution is -2.38. The van der Waals surface area contributed by atoms with Gasteiger partial charge < -0.3 is 19.2 Å². The number of halogens is 1. The minimum atomic E-state index is 0.617. The third-order valence-corrected chi connectivity index (χ3v) is 4.35. The number of aliphatic imine (C=N–C) groups is 1. The topological polar surface area (TPSA) is 49.9 Å². The molecule has 0 saturated carbocycles. The van der Waals surface area contributed by atoms with Crippen LogP contribution in [0.4, 0.5) is 0 Å². The van der Waals surface area contributed by atoms with Crippen molar-refractivity contribution in [2.75, 3.05) is 14.1 Å². The van der Waals surface area contributed by atoms with Crippen LogP contribution in [0.25, 0.3) is 5.65 Å². The van der Waals surface area contributed by atoms with Crippen LogP contribution in [0.1, 0.15) is 17.0 Å². The molecule has 0 radical (unpaired) electrons. The van der Waals surface area contributed by atoms with Crippen LogP contribution < -0.4 is 5.32 Å². The minimum absolute atomic E-state index is 0.617. The maximum absolute atomic E-state index is 6.06. The quantitative estimate of drug-likeness (QED) is 0.576. The highest BCUT2D eigenvalue weighted by Gasteiger charge is 2.10. The van der Waals surface area contributed by atoms with Crippen LogP contribution in [0, 0.1) is 6.92 Å². The molecule has 7 heteroatoms. The molecule has 3 aromatic rings. The fourth-order valence-electron chi connectivity index (χ4n) is 2.82. The molecule has 0 atom stereocenters. The molecule has 6 nitrogen and oxygen atoms in total. The Morgan fingerprint density at radius 3 is 2.84 bits per heavy atom. The van der Waals surface area contributed by atoms with E-state index in [-0.39, 0.29) is 0 Å². The van der Waals surface area contributed by atoms with Crippen molar-refractivity contribution in [1.82, 2.24) is 24.2 Å². The second kappa shape index (κ2) is 7.19. The van der Waals surface area contributed by atoms with Crippen molar-refractivity contribution in [2.24, 2.45) is 12.0 Å². The molecule has 0 fully saturated rings. The van der Waals surface area contributed by atoms with Crippen LogP contribution >= 0.6 is 11.6 Å². The third-order valence-electron chi connectivity index (χ3n) is 4.14. The number of hydrogen-bond donors (Lipinski definition) is 1. The second-order valence-corrected chi connectivity index (χ2v) is 6.66. The molecular weight excluding hydrogens is 336 g/mol. The molecule has 3 heterocycles. The molecule has 0 aliphatic rings. The van der Waals surface area contributed by atoms with Crippen molar-refractivity contribution >= 4 is 23.2 Å². The monoisotopic (exact) mass is 358 g/mol. The van der Waals surface area contributed by atoms with E-state index >= 15 is 0 Å². The van der Waals surface area contributed by atoms with Gasteiger partial charge >= 0.3 is 0 Å². The van der Waals surface area contributed by atoms with Crippen LogP contribution in [0.5, 0.6) is 0 Å². The van der Waals surface area contributed by atoms with Crippen LogP contribution in [0.2, 0.25) is 5.02 Å². The third kappa shape index (κ3) is 3.96. The summed E-state index contributed by atoms with van der Waals surface area (Å²) >= 11 is 6.06. The van der Waals surface area contributed by atoms with Gasteiger partial charge in [0, 0.05) is 45.4 Å². The maximum Gasteiger partial charge on any atom is 0.194 e. The van der Waals surface area contributed by atoms with Gasteiger partial charge in [-0.15, -0.1) is 0 Å². The molecule has 0 aliphatic carbocycles. The Kier molecular flexibility index (Phi) is 4.99. The van der Waals surface area contributed by atoms with E-state index in [1.807, 2.05) is 47.7 Å². The lowest BCUT2D eigenvalue weighted by atomic mass is 10.3. The van der Waals surface area contributed by atoms with Gasteiger partial charge in [-0.1, -0.05) is 11.6 Å². The number of rotatable bonds is 4. The number of nitrogens with one attached hydrogen (secondary N) is 1. The van der Waals surface area contributed by atoms with Gasteiger partial charge in [-0.3, -0.25) is 4.99 Å². The second-order valence-electron chi connectivity index (χ2n) is 6.22. The van der Waals surface area contributed by atoms with Gasteiger partial charge in [-0.25, -0.2) is 4.98 Å². The number of hydrogen-bond acceptors (Lipinski definition) is 2. The van der Waals surface area contributed by atoms with E-state index < -0.39 is 0 Å². The summed E-state index contributed by atoms with van der Waals surface area (Å²) in [5.41, 5.74) is 4.26. The summed E-state index contributed by atoms with van der Waals surface area (Å²) in [6, 6.07) is 6.11. The molecule has 132 valence electrons. The predicted molar refractivity (Wildman–Crippen MR) is 102 cm³/mol. The number of pyridine rings is 1. The molecule has 3 aromatic heterocycles. The average Bonchev–Trinajstić information content (AvgIpc) is 3.10. The Morgan fingerprint density at radius 1 is 1.36 bits per heavy atom. The lowest BCUT2D eigenvalue weighted by molar-refractivity contribution is 0.461. The van der Waals surface area contributed by atoms with Crippen LogP contribution in [0.15, 0.2) is 41.8 Å². The molecule has 0 unspecified atom stereocenters. The highest BCUT2D eigenvalue weighted by Crippen LogP contribution is 2.14. The van der Waals surface area contributed by atoms with Gasteiger partial charge in [0.2, 0.25) is 0 Å². The van der Waals surface area contributed by atoms with Crippen molar-refractivity contribution in [3.8, 4) is 0 Å². The number of imidazole rings is 1. The number of aromatic nitrogens is 3. The molecule has 0 saturated heterocycles. The largest absolute Gasteiger partial charge is 0.351 e. The maximum atomic E-state index is 6.06. The number of fused-ring (bicyclic) bond motifs is 1. The lowest BCUT2D eigenvalue weighted by Gasteiger charge is -2.22. The minimum Gasteiger partial charge on any atom is -0.351 e. The molecule has 0 spiro atoms. The summed E-state index contributed by atoms with van der Waals surface area (Å²) in [4.78, 5) is 11.1. The Balaban J connectivity index is 1.66. The van der Waals surface area contributed by atoms with Crippen molar-refractivity contribution in [3.63, 3.8) is 0 Å². The number of guanidine groups is 1. The molecule has 0 bridgehead atoms. The molecule has 1 N–H and O–H groups in total. The van der Waals surface area contributed by atoms with E-state index in [0.717, 1.165) is 28.0 Å². The Hall–Kier alpha value is -2.47. The Morgan fingerprint density at radius 2 is 2.16 bits per heavy atom. The van der Waals surface area contributed by atoms with Crippen molar-refractivity contribution < 1.29 is 0 Å².